The largest absolute Gasteiger partial charge is 0.497 e. The van der Waals surface area contributed by atoms with E-state index in [9.17, 15) is 9.59 Å². The summed E-state index contributed by atoms with van der Waals surface area (Å²) in [6.45, 7) is 7.33. The van der Waals surface area contributed by atoms with Gasteiger partial charge in [0.25, 0.3) is 0 Å². The first-order chi connectivity index (χ1) is 15.0. The summed E-state index contributed by atoms with van der Waals surface area (Å²) in [4.78, 5) is 29.2. The van der Waals surface area contributed by atoms with Gasteiger partial charge in [-0.05, 0) is 43.5 Å². The molecule has 3 rings (SSSR count). The highest BCUT2D eigenvalue weighted by atomic mass is 16.5. The molecular formula is C25H33N3O3. The molecule has 1 aliphatic heterocycles. The van der Waals surface area contributed by atoms with Gasteiger partial charge < -0.3 is 15.0 Å². The Balaban J connectivity index is 1.39. The second-order valence-electron chi connectivity index (χ2n) is 8.14. The molecule has 1 aliphatic rings. The minimum atomic E-state index is -0.204. The average molecular weight is 424 g/mol. The fourth-order valence-corrected chi connectivity index (χ4v) is 3.79. The first kappa shape index (κ1) is 22.8. The van der Waals surface area contributed by atoms with Gasteiger partial charge >= 0.3 is 0 Å². The number of nitrogens with zero attached hydrogens (tertiary/aromatic N) is 2. The number of piperazine rings is 1. The van der Waals surface area contributed by atoms with E-state index in [4.69, 9.17) is 4.74 Å². The van der Waals surface area contributed by atoms with Gasteiger partial charge in [-0.25, -0.2) is 0 Å². The van der Waals surface area contributed by atoms with Crippen molar-refractivity contribution < 1.29 is 14.3 Å². The highest BCUT2D eigenvalue weighted by molar-refractivity contribution is 5.81. The maximum Gasteiger partial charge on any atom is 0.237 e. The van der Waals surface area contributed by atoms with E-state index in [1.54, 1.807) is 7.11 Å². The molecule has 2 aromatic rings. The van der Waals surface area contributed by atoms with Crippen LogP contribution in [0.25, 0.3) is 0 Å². The van der Waals surface area contributed by atoms with E-state index in [2.05, 4.69) is 10.2 Å². The molecule has 0 saturated carbocycles. The Morgan fingerprint density at radius 3 is 2.19 bits per heavy atom. The zero-order valence-corrected chi connectivity index (χ0v) is 18.8. The van der Waals surface area contributed by atoms with Gasteiger partial charge in [0.15, 0.2) is 0 Å². The molecule has 0 bridgehead atoms. The van der Waals surface area contributed by atoms with Gasteiger partial charge in [-0.3, -0.25) is 14.5 Å². The molecule has 1 unspecified atom stereocenters. The highest BCUT2D eigenvalue weighted by Gasteiger charge is 2.27. The van der Waals surface area contributed by atoms with Crippen molar-refractivity contribution in [1.82, 2.24) is 15.1 Å². The lowest BCUT2D eigenvalue weighted by atomic mass is 10.1. The lowest BCUT2D eigenvalue weighted by molar-refractivity contribution is -0.133. The van der Waals surface area contributed by atoms with Crippen molar-refractivity contribution in [3.05, 3.63) is 65.2 Å². The second-order valence-corrected chi connectivity index (χ2v) is 8.14. The number of amides is 2. The van der Waals surface area contributed by atoms with E-state index in [0.717, 1.165) is 23.3 Å². The molecule has 0 spiro atoms. The van der Waals surface area contributed by atoms with Crippen LogP contribution in [-0.4, -0.2) is 67.5 Å². The molecule has 1 N–H and O–H groups in total. The molecule has 0 radical (unpaired) electrons. The third-order valence-electron chi connectivity index (χ3n) is 5.94. The van der Waals surface area contributed by atoms with Crippen molar-refractivity contribution in [2.45, 2.75) is 32.7 Å². The van der Waals surface area contributed by atoms with E-state index in [1.807, 2.05) is 67.3 Å². The number of hydrogen-bond donors (Lipinski definition) is 1. The van der Waals surface area contributed by atoms with Crippen molar-refractivity contribution in [3.8, 4) is 5.75 Å². The first-order valence-corrected chi connectivity index (χ1v) is 10.9. The Bertz CT molecular complexity index is 857. The summed E-state index contributed by atoms with van der Waals surface area (Å²) in [5.41, 5.74) is 3.40. The van der Waals surface area contributed by atoms with E-state index < -0.39 is 0 Å². The van der Waals surface area contributed by atoms with Gasteiger partial charge in [0.05, 0.1) is 19.6 Å². The molecule has 1 atom stereocenters. The zero-order chi connectivity index (χ0) is 22.2. The molecule has 1 saturated heterocycles. The molecule has 166 valence electrons. The summed E-state index contributed by atoms with van der Waals surface area (Å²) in [5.74, 6) is 1.02. The van der Waals surface area contributed by atoms with Crippen molar-refractivity contribution in [1.29, 1.82) is 0 Å². The maximum atomic E-state index is 12.6. The highest BCUT2D eigenvalue weighted by Crippen LogP contribution is 2.12. The topological polar surface area (TPSA) is 61.9 Å². The lowest BCUT2D eigenvalue weighted by Crippen LogP contribution is -2.55. The summed E-state index contributed by atoms with van der Waals surface area (Å²) < 4.78 is 5.17. The van der Waals surface area contributed by atoms with E-state index in [0.29, 0.717) is 39.1 Å². The predicted octanol–water partition coefficient (Wildman–Crippen LogP) is 2.44. The molecule has 2 aromatic carbocycles. The van der Waals surface area contributed by atoms with Gasteiger partial charge in [-0.15, -0.1) is 0 Å². The Morgan fingerprint density at radius 1 is 0.968 bits per heavy atom. The second kappa shape index (κ2) is 11.0. The average Bonchev–Trinajstić information content (AvgIpc) is 2.80. The van der Waals surface area contributed by atoms with Crippen LogP contribution < -0.4 is 10.1 Å². The smallest absolute Gasteiger partial charge is 0.237 e. The number of ether oxygens (including phenoxy) is 1. The molecule has 0 aliphatic carbocycles. The third kappa shape index (κ3) is 6.56. The van der Waals surface area contributed by atoms with Crippen LogP contribution in [0, 0.1) is 6.92 Å². The summed E-state index contributed by atoms with van der Waals surface area (Å²) in [6, 6.07) is 15.8. The van der Waals surface area contributed by atoms with Crippen molar-refractivity contribution in [3.63, 3.8) is 0 Å². The Hall–Kier alpha value is -2.86. The van der Waals surface area contributed by atoms with Crippen LogP contribution in [0.4, 0.5) is 0 Å². The normalized spacial score (nSPS) is 15.4. The number of nitrogens with one attached hydrogen (secondary N) is 1. The summed E-state index contributed by atoms with van der Waals surface area (Å²) in [7, 11) is 1.65. The minimum absolute atomic E-state index is 0.0351. The van der Waals surface area contributed by atoms with E-state index >= 15 is 0 Å². The quantitative estimate of drug-likeness (QED) is 0.709. The number of aryl methyl sites for hydroxylation is 1. The number of methoxy groups -OCH3 is 1. The van der Waals surface area contributed by atoms with Crippen LogP contribution in [-0.2, 0) is 22.4 Å². The first-order valence-electron chi connectivity index (χ1n) is 10.9. The van der Waals surface area contributed by atoms with Crippen molar-refractivity contribution in [2.75, 3.05) is 39.8 Å². The van der Waals surface area contributed by atoms with Crippen LogP contribution >= 0.6 is 0 Å². The monoisotopic (exact) mass is 423 g/mol. The van der Waals surface area contributed by atoms with Crippen molar-refractivity contribution in [2.24, 2.45) is 0 Å². The van der Waals surface area contributed by atoms with Crippen LogP contribution in [0.5, 0.6) is 5.75 Å². The maximum absolute atomic E-state index is 12.6. The summed E-state index contributed by atoms with van der Waals surface area (Å²) in [5, 5.41) is 3.04. The zero-order valence-electron chi connectivity index (χ0n) is 18.8. The number of benzene rings is 2. The molecule has 6 heteroatoms. The molecule has 2 amide bonds. The number of rotatable bonds is 8. The van der Waals surface area contributed by atoms with Crippen LogP contribution in [0.3, 0.4) is 0 Å². The van der Waals surface area contributed by atoms with Crippen molar-refractivity contribution >= 4 is 11.8 Å². The summed E-state index contributed by atoms with van der Waals surface area (Å²) in [6.07, 6.45) is 1.21. The molecule has 6 nitrogen and oxygen atoms in total. The molecular weight excluding hydrogens is 390 g/mol. The minimum Gasteiger partial charge on any atom is -0.497 e. The van der Waals surface area contributed by atoms with Gasteiger partial charge in [0, 0.05) is 32.7 Å². The van der Waals surface area contributed by atoms with Gasteiger partial charge in [-0.2, -0.15) is 0 Å². The van der Waals surface area contributed by atoms with Gasteiger partial charge in [0.1, 0.15) is 5.75 Å². The number of hydrogen-bond acceptors (Lipinski definition) is 4. The fraction of sp³-hybridized carbons (Fsp3) is 0.440. The standard InChI is InChI=1S/C25H33N3O3/c1-19-4-6-22(7-5-19)18-24(29)28-16-14-27(15-17-28)20(2)25(30)26-13-12-21-8-10-23(31-3)11-9-21/h4-11,20H,12-18H2,1-3H3,(H,26,30). The van der Waals surface area contributed by atoms with Gasteiger partial charge in [0.2, 0.25) is 11.8 Å². The summed E-state index contributed by atoms with van der Waals surface area (Å²) >= 11 is 0. The fourth-order valence-electron chi connectivity index (χ4n) is 3.79. The van der Waals surface area contributed by atoms with Gasteiger partial charge in [-0.1, -0.05) is 42.0 Å². The molecule has 31 heavy (non-hydrogen) atoms. The Labute approximate surface area is 185 Å². The predicted molar refractivity (Wildman–Crippen MR) is 122 cm³/mol. The Morgan fingerprint density at radius 2 is 1.58 bits per heavy atom. The SMILES string of the molecule is COc1ccc(CCNC(=O)C(C)N2CCN(C(=O)Cc3ccc(C)cc3)CC2)cc1. The third-order valence-corrected chi connectivity index (χ3v) is 5.94. The van der Waals surface area contributed by atoms with Crippen LogP contribution in [0.15, 0.2) is 48.5 Å². The molecule has 1 fully saturated rings. The van der Waals surface area contributed by atoms with E-state index in [-0.39, 0.29) is 17.9 Å². The van der Waals surface area contributed by atoms with E-state index in [1.165, 1.54) is 5.56 Å². The molecule has 0 aromatic heterocycles. The van der Waals surface area contributed by atoms with Crippen LogP contribution in [0.2, 0.25) is 0 Å². The number of carbonyl (C=O) groups excluding carboxylic acids is 2. The lowest BCUT2D eigenvalue weighted by Gasteiger charge is -2.37. The molecule has 1 heterocycles. The Kier molecular flexibility index (Phi) is 8.06. The van der Waals surface area contributed by atoms with Crippen LogP contribution in [0.1, 0.15) is 23.6 Å². The number of carbonyl (C=O) groups is 2.